The summed E-state index contributed by atoms with van der Waals surface area (Å²) >= 11 is 7.67. The number of hydrogen-bond donors (Lipinski definition) is 0. The molecule has 0 unspecified atom stereocenters. The van der Waals surface area contributed by atoms with E-state index in [1.807, 2.05) is 45.0 Å². The standard InChI is InChI=1S/C15H20ClNO2S/c1-15(2,3)19-14(18)17-9-8-13(10-17)20-12-6-4-11(16)5-7-12/h4-7,13H,8-10H2,1-3H3/t13-/m0/s1. The van der Waals surface area contributed by atoms with Crippen LogP contribution in [0.15, 0.2) is 29.2 Å². The third kappa shape index (κ3) is 4.60. The van der Waals surface area contributed by atoms with Gasteiger partial charge in [-0.15, -0.1) is 11.8 Å². The van der Waals surface area contributed by atoms with Crippen LogP contribution in [0.1, 0.15) is 27.2 Å². The van der Waals surface area contributed by atoms with Crippen LogP contribution in [0.5, 0.6) is 0 Å². The van der Waals surface area contributed by atoms with Crippen molar-refractivity contribution in [2.75, 3.05) is 13.1 Å². The van der Waals surface area contributed by atoms with Crippen molar-refractivity contribution in [3.05, 3.63) is 29.3 Å². The number of halogens is 1. The average Bonchev–Trinajstić information content (AvgIpc) is 2.79. The number of ether oxygens (including phenoxy) is 1. The lowest BCUT2D eigenvalue weighted by Gasteiger charge is -2.24. The van der Waals surface area contributed by atoms with Gasteiger partial charge < -0.3 is 9.64 Å². The number of amides is 1. The Balaban J connectivity index is 1.86. The predicted octanol–water partition coefficient (Wildman–Crippen LogP) is 4.44. The van der Waals surface area contributed by atoms with E-state index < -0.39 is 5.60 Å². The second-order valence-electron chi connectivity index (χ2n) is 5.91. The lowest BCUT2D eigenvalue weighted by molar-refractivity contribution is 0.0295. The van der Waals surface area contributed by atoms with E-state index in [1.165, 1.54) is 4.90 Å². The summed E-state index contributed by atoms with van der Waals surface area (Å²) in [5, 5.41) is 1.17. The monoisotopic (exact) mass is 313 g/mol. The summed E-state index contributed by atoms with van der Waals surface area (Å²) in [6, 6.07) is 7.82. The summed E-state index contributed by atoms with van der Waals surface area (Å²) in [4.78, 5) is 15.0. The number of nitrogens with zero attached hydrogens (tertiary/aromatic N) is 1. The Labute approximate surface area is 129 Å². The molecule has 0 spiro atoms. The lowest BCUT2D eigenvalue weighted by atomic mass is 10.2. The number of likely N-dealkylation sites (tertiary alicyclic amines) is 1. The van der Waals surface area contributed by atoms with Gasteiger partial charge in [-0.2, -0.15) is 0 Å². The molecule has 1 aromatic rings. The van der Waals surface area contributed by atoms with E-state index in [4.69, 9.17) is 16.3 Å². The summed E-state index contributed by atoms with van der Waals surface area (Å²) in [5.74, 6) is 0. The first-order valence-electron chi connectivity index (χ1n) is 6.74. The van der Waals surface area contributed by atoms with Gasteiger partial charge in [-0.05, 0) is 51.5 Å². The van der Waals surface area contributed by atoms with Crippen LogP contribution in [0, 0.1) is 0 Å². The average molecular weight is 314 g/mol. The molecule has 0 aliphatic carbocycles. The zero-order valence-electron chi connectivity index (χ0n) is 12.1. The van der Waals surface area contributed by atoms with Gasteiger partial charge in [-0.1, -0.05) is 11.6 Å². The Morgan fingerprint density at radius 3 is 2.60 bits per heavy atom. The summed E-state index contributed by atoms with van der Waals surface area (Å²) in [7, 11) is 0. The fourth-order valence-electron chi connectivity index (χ4n) is 2.02. The van der Waals surface area contributed by atoms with E-state index in [1.54, 1.807) is 16.7 Å². The quantitative estimate of drug-likeness (QED) is 0.808. The van der Waals surface area contributed by atoms with Crippen molar-refractivity contribution in [2.24, 2.45) is 0 Å². The highest BCUT2D eigenvalue weighted by atomic mass is 35.5. The van der Waals surface area contributed by atoms with Gasteiger partial charge in [0, 0.05) is 28.3 Å². The molecule has 1 heterocycles. The third-order valence-corrected chi connectivity index (χ3v) is 4.43. The Kier molecular flexibility index (Phi) is 4.86. The van der Waals surface area contributed by atoms with Gasteiger partial charge in [0.05, 0.1) is 0 Å². The molecule has 0 saturated carbocycles. The molecule has 1 fully saturated rings. The van der Waals surface area contributed by atoms with E-state index in [0.29, 0.717) is 5.25 Å². The second kappa shape index (κ2) is 6.27. The maximum Gasteiger partial charge on any atom is 0.410 e. The molecule has 20 heavy (non-hydrogen) atoms. The van der Waals surface area contributed by atoms with Gasteiger partial charge in [0.2, 0.25) is 0 Å². The van der Waals surface area contributed by atoms with Gasteiger partial charge in [-0.25, -0.2) is 4.79 Å². The fourth-order valence-corrected chi connectivity index (χ4v) is 3.30. The minimum absolute atomic E-state index is 0.211. The van der Waals surface area contributed by atoms with E-state index in [-0.39, 0.29) is 6.09 Å². The Morgan fingerprint density at radius 1 is 1.35 bits per heavy atom. The predicted molar refractivity (Wildman–Crippen MR) is 83.5 cm³/mol. The molecule has 2 rings (SSSR count). The number of rotatable bonds is 2. The molecule has 1 atom stereocenters. The number of benzene rings is 1. The number of carbonyl (C=O) groups is 1. The van der Waals surface area contributed by atoms with Gasteiger partial charge >= 0.3 is 6.09 Å². The Hall–Kier alpha value is -0.870. The maximum absolute atomic E-state index is 12.0. The van der Waals surface area contributed by atoms with Crippen LogP contribution in [0.4, 0.5) is 4.79 Å². The van der Waals surface area contributed by atoms with Crippen molar-refractivity contribution in [3.63, 3.8) is 0 Å². The summed E-state index contributed by atoms with van der Waals surface area (Å²) in [6.07, 6.45) is 0.781. The van der Waals surface area contributed by atoms with E-state index >= 15 is 0 Å². The normalized spacial score (nSPS) is 19.2. The first-order chi connectivity index (χ1) is 9.33. The molecule has 3 nitrogen and oxygen atoms in total. The van der Waals surface area contributed by atoms with Crippen LogP contribution in [-0.2, 0) is 4.74 Å². The van der Waals surface area contributed by atoms with Crippen molar-refractivity contribution in [1.29, 1.82) is 0 Å². The number of thioether (sulfide) groups is 1. The van der Waals surface area contributed by atoms with Crippen LogP contribution in [0.3, 0.4) is 0 Å². The minimum atomic E-state index is -0.432. The van der Waals surface area contributed by atoms with Gasteiger partial charge in [0.1, 0.15) is 5.60 Å². The number of hydrogen-bond acceptors (Lipinski definition) is 3. The van der Waals surface area contributed by atoms with Gasteiger partial charge in [0.15, 0.2) is 0 Å². The first-order valence-corrected chi connectivity index (χ1v) is 7.99. The topological polar surface area (TPSA) is 29.5 Å². The third-order valence-electron chi connectivity index (χ3n) is 2.91. The van der Waals surface area contributed by atoms with E-state index in [2.05, 4.69) is 0 Å². The smallest absolute Gasteiger partial charge is 0.410 e. The molecule has 1 aliphatic heterocycles. The van der Waals surface area contributed by atoms with Crippen molar-refractivity contribution < 1.29 is 9.53 Å². The van der Waals surface area contributed by atoms with Crippen LogP contribution < -0.4 is 0 Å². The largest absolute Gasteiger partial charge is 0.444 e. The highest BCUT2D eigenvalue weighted by Gasteiger charge is 2.30. The molecule has 0 N–H and O–H groups in total. The number of carbonyl (C=O) groups excluding carboxylic acids is 1. The highest BCUT2D eigenvalue weighted by molar-refractivity contribution is 8.00. The zero-order chi connectivity index (χ0) is 14.8. The molecule has 110 valence electrons. The first kappa shape index (κ1) is 15.5. The fraction of sp³-hybridized carbons (Fsp3) is 0.533. The van der Waals surface area contributed by atoms with Crippen molar-refractivity contribution >= 4 is 29.5 Å². The van der Waals surface area contributed by atoms with E-state index in [0.717, 1.165) is 24.5 Å². The van der Waals surface area contributed by atoms with E-state index in [9.17, 15) is 4.79 Å². The Morgan fingerprint density at radius 2 is 2.00 bits per heavy atom. The summed E-state index contributed by atoms with van der Waals surface area (Å²) < 4.78 is 5.40. The molecule has 1 aromatic carbocycles. The molecule has 1 amide bonds. The molecule has 0 aromatic heterocycles. The molecular weight excluding hydrogens is 294 g/mol. The second-order valence-corrected chi connectivity index (χ2v) is 7.72. The van der Waals surface area contributed by atoms with Crippen molar-refractivity contribution in [1.82, 2.24) is 4.90 Å². The zero-order valence-corrected chi connectivity index (χ0v) is 13.6. The molecular formula is C15H20ClNO2S. The van der Waals surface area contributed by atoms with Crippen LogP contribution in [0.2, 0.25) is 5.02 Å². The maximum atomic E-state index is 12.0. The molecule has 0 bridgehead atoms. The van der Waals surface area contributed by atoms with Crippen LogP contribution in [-0.4, -0.2) is 34.9 Å². The van der Waals surface area contributed by atoms with Crippen LogP contribution >= 0.6 is 23.4 Å². The van der Waals surface area contributed by atoms with Crippen molar-refractivity contribution in [3.8, 4) is 0 Å². The Bertz CT molecular complexity index is 470. The molecule has 0 radical (unpaired) electrons. The minimum Gasteiger partial charge on any atom is -0.444 e. The molecule has 1 aliphatic rings. The lowest BCUT2D eigenvalue weighted by Crippen LogP contribution is -2.35. The summed E-state index contributed by atoms with van der Waals surface area (Å²) in [6.45, 7) is 7.17. The molecule has 1 saturated heterocycles. The highest BCUT2D eigenvalue weighted by Crippen LogP contribution is 2.31. The molecule has 5 heteroatoms. The van der Waals surface area contributed by atoms with Crippen LogP contribution in [0.25, 0.3) is 0 Å². The van der Waals surface area contributed by atoms with Gasteiger partial charge in [0.25, 0.3) is 0 Å². The SMILES string of the molecule is CC(C)(C)OC(=O)N1CC[C@H](Sc2ccc(Cl)cc2)C1. The van der Waals surface area contributed by atoms with Gasteiger partial charge in [-0.3, -0.25) is 0 Å². The summed E-state index contributed by atoms with van der Waals surface area (Å²) in [5.41, 5.74) is -0.432. The van der Waals surface area contributed by atoms with Crippen molar-refractivity contribution in [2.45, 2.75) is 42.9 Å².